The molecule has 0 fully saturated rings. The van der Waals surface area contributed by atoms with Gasteiger partial charge in [0.1, 0.15) is 5.75 Å². The molecule has 3 aromatic carbocycles. The Bertz CT molecular complexity index is 1210. The van der Waals surface area contributed by atoms with Gasteiger partial charge in [-0.05, 0) is 96.2 Å². The highest BCUT2D eigenvalue weighted by Gasteiger charge is 2.14. The van der Waals surface area contributed by atoms with Crippen molar-refractivity contribution in [2.45, 2.75) is 46.5 Å². The van der Waals surface area contributed by atoms with Gasteiger partial charge < -0.3 is 15.4 Å². The van der Waals surface area contributed by atoms with E-state index in [1.807, 2.05) is 24.3 Å². The van der Waals surface area contributed by atoms with E-state index in [0.717, 1.165) is 12.2 Å². The van der Waals surface area contributed by atoms with Crippen LogP contribution in [-0.2, 0) is 5.41 Å². The molecule has 7 heteroatoms. The number of ether oxygens (including phenoxy) is 1. The minimum atomic E-state index is -0.312. The third-order valence-corrected chi connectivity index (χ3v) is 5.93. The second-order valence-electron chi connectivity index (χ2n) is 10.3. The lowest BCUT2D eigenvalue weighted by Gasteiger charge is -2.19. The topological polar surface area (TPSA) is 79.5 Å². The number of nitrogens with one attached hydrogen (secondary N) is 3. The molecule has 6 nitrogen and oxygen atoms in total. The maximum Gasteiger partial charge on any atom is 0.257 e. The van der Waals surface area contributed by atoms with Gasteiger partial charge in [0, 0.05) is 22.5 Å². The lowest BCUT2D eigenvalue weighted by atomic mass is 9.87. The zero-order chi connectivity index (χ0) is 27.0. The van der Waals surface area contributed by atoms with E-state index >= 15 is 0 Å². The molecular formula is C30H35N3O3S. The SMILES string of the molecule is CC(C)CCOc1ccc(C(=O)NC(=S)Nc2ccc(NC(=O)c3ccc(C(C)(C)C)cc3)cc2)cc1. The number of thiocarbonyl (C=S) groups is 1. The first-order valence-corrected chi connectivity index (χ1v) is 12.8. The molecule has 194 valence electrons. The van der Waals surface area contributed by atoms with Gasteiger partial charge in [-0.15, -0.1) is 0 Å². The van der Waals surface area contributed by atoms with E-state index in [1.54, 1.807) is 48.5 Å². The number of anilines is 2. The first kappa shape index (κ1) is 27.9. The van der Waals surface area contributed by atoms with Gasteiger partial charge in [0.05, 0.1) is 6.61 Å². The van der Waals surface area contributed by atoms with E-state index in [2.05, 4.69) is 50.6 Å². The van der Waals surface area contributed by atoms with Crippen LogP contribution in [0, 0.1) is 5.92 Å². The Morgan fingerprint density at radius 3 is 1.84 bits per heavy atom. The highest BCUT2D eigenvalue weighted by atomic mass is 32.1. The number of hydrogen-bond acceptors (Lipinski definition) is 4. The van der Waals surface area contributed by atoms with Gasteiger partial charge in [-0.3, -0.25) is 14.9 Å². The summed E-state index contributed by atoms with van der Waals surface area (Å²) in [6, 6.07) is 21.7. The zero-order valence-electron chi connectivity index (χ0n) is 22.1. The summed E-state index contributed by atoms with van der Waals surface area (Å²) < 4.78 is 5.69. The summed E-state index contributed by atoms with van der Waals surface area (Å²) in [4.78, 5) is 25.1. The second kappa shape index (κ2) is 12.5. The molecule has 3 N–H and O–H groups in total. The molecule has 0 aliphatic heterocycles. The van der Waals surface area contributed by atoms with E-state index in [1.165, 1.54) is 5.56 Å². The summed E-state index contributed by atoms with van der Waals surface area (Å²) in [6.45, 7) is 11.3. The van der Waals surface area contributed by atoms with Crippen LogP contribution in [0.2, 0.25) is 0 Å². The molecule has 0 aliphatic rings. The van der Waals surface area contributed by atoms with Crippen molar-refractivity contribution in [2.75, 3.05) is 17.2 Å². The first-order chi connectivity index (χ1) is 17.5. The van der Waals surface area contributed by atoms with Gasteiger partial charge in [-0.2, -0.15) is 0 Å². The van der Waals surface area contributed by atoms with E-state index in [4.69, 9.17) is 17.0 Å². The third-order valence-electron chi connectivity index (χ3n) is 5.72. The molecule has 0 unspecified atom stereocenters. The lowest BCUT2D eigenvalue weighted by molar-refractivity contribution is 0.0976. The average Bonchev–Trinajstić information content (AvgIpc) is 2.85. The summed E-state index contributed by atoms with van der Waals surface area (Å²) in [6.07, 6.45) is 0.973. The monoisotopic (exact) mass is 517 g/mol. The van der Waals surface area contributed by atoms with E-state index in [0.29, 0.717) is 35.0 Å². The minimum Gasteiger partial charge on any atom is -0.494 e. The third kappa shape index (κ3) is 8.72. The standard InChI is InChI=1S/C30H35N3O3S/c1-20(2)18-19-36-26-16-8-22(9-17-26)28(35)33-29(37)32-25-14-12-24(13-15-25)31-27(34)21-6-10-23(11-7-21)30(3,4)5/h6-17,20H,18-19H2,1-5H3,(H,31,34)(H2,32,33,35,37). The summed E-state index contributed by atoms with van der Waals surface area (Å²) in [5.41, 5.74) is 3.62. The van der Waals surface area contributed by atoms with Crippen LogP contribution in [0.15, 0.2) is 72.8 Å². The number of carbonyl (C=O) groups is 2. The summed E-state index contributed by atoms with van der Waals surface area (Å²) in [5.74, 6) is 0.810. The number of amides is 2. The van der Waals surface area contributed by atoms with Crippen LogP contribution in [0.3, 0.4) is 0 Å². The predicted octanol–water partition coefficient (Wildman–Crippen LogP) is 6.79. The molecule has 0 heterocycles. The van der Waals surface area contributed by atoms with Crippen molar-refractivity contribution in [1.82, 2.24) is 5.32 Å². The molecular weight excluding hydrogens is 482 g/mol. The molecule has 2 amide bonds. The van der Waals surface area contributed by atoms with Crippen LogP contribution in [0.25, 0.3) is 0 Å². The smallest absolute Gasteiger partial charge is 0.257 e. The Labute approximate surface area is 224 Å². The highest BCUT2D eigenvalue weighted by Crippen LogP contribution is 2.23. The van der Waals surface area contributed by atoms with Crippen molar-refractivity contribution in [1.29, 1.82) is 0 Å². The van der Waals surface area contributed by atoms with Gasteiger partial charge >= 0.3 is 0 Å². The molecule has 3 aromatic rings. The van der Waals surface area contributed by atoms with E-state index < -0.39 is 0 Å². The number of carbonyl (C=O) groups excluding carboxylic acids is 2. The molecule has 0 saturated heterocycles. The molecule has 37 heavy (non-hydrogen) atoms. The van der Waals surface area contributed by atoms with Gasteiger partial charge in [-0.1, -0.05) is 46.8 Å². The fraction of sp³-hybridized carbons (Fsp3) is 0.300. The van der Waals surface area contributed by atoms with Crippen molar-refractivity contribution in [3.05, 3.63) is 89.5 Å². The van der Waals surface area contributed by atoms with Crippen molar-refractivity contribution in [3.8, 4) is 5.75 Å². The molecule has 0 saturated carbocycles. The Balaban J connectivity index is 1.49. The minimum absolute atomic E-state index is 0.0321. The summed E-state index contributed by atoms with van der Waals surface area (Å²) in [7, 11) is 0. The second-order valence-corrected chi connectivity index (χ2v) is 10.7. The van der Waals surface area contributed by atoms with Crippen LogP contribution in [-0.4, -0.2) is 23.5 Å². The normalized spacial score (nSPS) is 11.1. The van der Waals surface area contributed by atoms with Crippen LogP contribution in [0.4, 0.5) is 11.4 Å². The maximum atomic E-state index is 12.6. The van der Waals surface area contributed by atoms with Crippen molar-refractivity contribution in [2.24, 2.45) is 5.92 Å². The van der Waals surface area contributed by atoms with E-state index in [9.17, 15) is 9.59 Å². The average molecular weight is 518 g/mol. The number of rotatable bonds is 8. The van der Waals surface area contributed by atoms with Crippen LogP contribution in [0.5, 0.6) is 5.75 Å². The number of hydrogen-bond donors (Lipinski definition) is 3. The van der Waals surface area contributed by atoms with Gasteiger partial charge in [0.2, 0.25) is 0 Å². The Morgan fingerprint density at radius 2 is 1.30 bits per heavy atom. The van der Waals surface area contributed by atoms with Crippen LogP contribution >= 0.6 is 12.2 Å². The van der Waals surface area contributed by atoms with Gasteiger partial charge in [-0.25, -0.2) is 0 Å². The van der Waals surface area contributed by atoms with Crippen LogP contribution in [0.1, 0.15) is 67.3 Å². The van der Waals surface area contributed by atoms with Crippen molar-refractivity contribution < 1.29 is 14.3 Å². The lowest BCUT2D eigenvalue weighted by Crippen LogP contribution is -2.34. The van der Waals surface area contributed by atoms with Gasteiger partial charge in [0.15, 0.2) is 5.11 Å². The fourth-order valence-corrected chi connectivity index (χ4v) is 3.62. The molecule has 0 spiro atoms. The largest absolute Gasteiger partial charge is 0.494 e. The van der Waals surface area contributed by atoms with Gasteiger partial charge in [0.25, 0.3) is 11.8 Å². The Morgan fingerprint density at radius 1 is 0.784 bits per heavy atom. The van der Waals surface area contributed by atoms with Crippen molar-refractivity contribution >= 4 is 40.5 Å². The molecule has 0 aromatic heterocycles. The molecule has 3 rings (SSSR count). The maximum absolute atomic E-state index is 12.6. The molecule has 0 radical (unpaired) electrons. The summed E-state index contributed by atoms with van der Waals surface area (Å²) >= 11 is 5.29. The van der Waals surface area contributed by atoms with Crippen LogP contribution < -0.4 is 20.7 Å². The highest BCUT2D eigenvalue weighted by molar-refractivity contribution is 7.80. The zero-order valence-corrected chi connectivity index (χ0v) is 22.9. The first-order valence-electron chi connectivity index (χ1n) is 12.4. The molecule has 0 bridgehead atoms. The van der Waals surface area contributed by atoms with Crippen molar-refractivity contribution in [3.63, 3.8) is 0 Å². The quantitative estimate of drug-likeness (QED) is 0.287. The Hall–Kier alpha value is -3.71. The predicted molar refractivity (Wildman–Crippen MR) is 155 cm³/mol. The Kier molecular flexibility index (Phi) is 9.42. The van der Waals surface area contributed by atoms with E-state index in [-0.39, 0.29) is 22.3 Å². The summed E-state index contributed by atoms with van der Waals surface area (Å²) in [5, 5.41) is 8.74. The molecule has 0 atom stereocenters. The fourth-order valence-electron chi connectivity index (χ4n) is 3.41. The molecule has 0 aliphatic carbocycles. The number of benzene rings is 3.